The molecule has 0 aliphatic heterocycles. The van der Waals surface area contributed by atoms with E-state index in [9.17, 15) is 0 Å². The highest BCUT2D eigenvalue weighted by atomic mass is 35.5. The van der Waals surface area contributed by atoms with Crippen molar-refractivity contribution >= 4 is 11.6 Å². The average Bonchev–Trinajstić information content (AvgIpc) is 2.94. The van der Waals surface area contributed by atoms with Gasteiger partial charge in [0.05, 0.1) is 12.1 Å². The first kappa shape index (κ1) is 11.7. The summed E-state index contributed by atoms with van der Waals surface area (Å²) in [6.45, 7) is 2.02. The summed E-state index contributed by atoms with van der Waals surface area (Å²) in [6, 6.07) is 4.12. The van der Waals surface area contributed by atoms with E-state index in [-0.39, 0.29) is 5.54 Å². The van der Waals surface area contributed by atoms with Crippen LogP contribution in [0.2, 0.25) is 5.02 Å². The minimum Gasteiger partial charge on any atom is -0.495 e. The molecular weight excluding hydrogens is 222 g/mol. The van der Waals surface area contributed by atoms with Gasteiger partial charge in [-0.15, -0.1) is 0 Å². The van der Waals surface area contributed by atoms with Gasteiger partial charge in [-0.05, 0) is 49.8 Å². The third-order valence-electron chi connectivity index (χ3n) is 3.30. The molecule has 0 aromatic heterocycles. The van der Waals surface area contributed by atoms with Crippen LogP contribution in [-0.4, -0.2) is 12.6 Å². The molecule has 1 aliphatic rings. The summed E-state index contributed by atoms with van der Waals surface area (Å²) in [7, 11) is 1.65. The molecule has 0 unspecified atom stereocenters. The lowest BCUT2D eigenvalue weighted by molar-refractivity contribution is 0.411. The maximum absolute atomic E-state index is 6.14. The third-order valence-corrected chi connectivity index (χ3v) is 3.58. The molecule has 0 bridgehead atoms. The first-order valence-electron chi connectivity index (χ1n) is 5.66. The second kappa shape index (κ2) is 4.27. The topological polar surface area (TPSA) is 35.2 Å². The lowest BCUT2D eigenvalue weighted by Gasteiger charge is -2.12. The highest BCUT2D eigenvalue weighted by Gasteiger charge is 2.37. The van der Waals surface area contributed by atoms with Crippen LogP contribution in [0.4, 0.5) is 0 Å². The van der Waals surface area contributed by atoms with Crippen molar-refractivity contribution < 1.29 is 4.74 Å². The number of hydrogen-bond donors (Lipinski definition) is 1. The minimum absolute atomic E-state index is 0.111. The molecule has 1 fully saturated rings. The summed E-state index contributed by atoms with van der Waals surface area (Å²) < 4.78 is 5.23. The number of aryl methyl sites for hydroxylation is 2. The zero-order valence-corrected chi connectivity index (χ0v) is 10.6. The van der Waals surface area contributed by atoms with E-state index in [0.717, 1.165) is 37.0 Å². The van der Waals surface area contributed by atoms with Crippen molar-refractivity contribution in [3.63, 3.8) is 0 Å². The molecule has 0 heterocycles. The fourth-order valence-corrected chi connectivity index (χ4v) is 2.37. The van der Waals surface area contributed by atoms with Gasteiger partial charge in [-0.3, -0.25) is 0 Å². The van der Waals surface area contributed by atoms with Gasteiger partial charge in [0.25, 0.3) is 0 Å². The molecule has 0 saturated heterocycles. The lowest BCUT2D eigenvalue weighted by Crippen LogP contribution is -2.22. The molecule has 16 heavy (non-hydrogen) atoms. The van der Waals surface area contributed by atoms with Crippen LogP contribution in [0.5, 0.6) is 5.75 Å². The van der Waals surface area contributed by atoms with Crippen LogP contribution in [0.1, 0.15) is 30.4 Å². The molecule has 0 radical (unpaired) electrons. The molecule has 3 heteroatoms. The van der Waals surface area contributed by atoms with Crippen molar-refractivity contribution in [1.82, 2.24) is 0 Å². The van der Waals surface area contributed by atoms with Crippen molar-refractivity contribution in [2.45, 2.75) is 38.1 Å². The van der Waals surface area contributed by atoms with Crippen molar-refractivity contribution in [2.75, 3.05) is 7.11 Å². The van der Waals surface area contributed by atoms with Crippen LogP contribution in [0, 0.1) is 6.92 Å². The Hall–Kier alpha value is -0.730. The summed E-state index contributed by atoms with van der Waals surface area (Å²) in [4.78, 5) is 0. The maximum Gasteiger partial charge on any atom is 0.140 e. The third kappa shape index (κ3) is 2.50. The van der Waals surface area contributed by atoms with Gasteiger partial charge < -0.3 is 10.5 Å². The van der Waals surface area contributed by atoms with Crippen LogP contribution in [0.15, 0.2) is 12.1 Å². The number of ether oxygens (including phenoxy) is 1. The Morgan fingerprint density at radius 3 is 2.62 bits per heavy atom. The predicted molar refractivity (Wildman–Crippen MR) is 67.2 cm³/mol. The molecule has 1 aliphatic carbocycles. The molecule has 1 aromatic rings. The molecular formula is C13H18ClNO. The number of hydrogen-bond acceptors (Lipinski definition) is 2. The summed E-state index contributed by atoms with van der Waals surface area (Å²) in [5.41, 5.74) is 8.52. The SMILES string of the molecule is COc1c(C)cc(CCC2(N)CC2)cc1Cl. The van der Waals surface area contributed by atoms with Gasteiger partial charge >= 0.3 is 0 Å². The second-order valence-electron chi connectivity index (χ2n) is 4.79. The molecule has 0 spiro atoms. The summed E-state index contributed by atoms with van der Waals surface area (Å²) in [5, 5.41) is 0.694. The maximum atomic E-state index is 6.14. The molecule has 1 saturated carbocycles. The Bertz CT molecular complexity index is 376. The Morgan fingerprint density at radius 1 is 1.44 bits per heavy atom. The van der Waals surface area contributed by atoms with E-state index in [4.69, 9.17) is 22.1 Å². The highest BCUT2D eigenvalue weighted by molar-refractivity contribution is 6.32. The van der Waals surface area contributed by atoms with Crippen LogP contribution < -0.4 is 10.5 Å². The van der Waals surface area contributed by atoms with Crippen LogP contribution in [0.3, 0.4) is 0 Å². The van der Waals surface area contributed by atoms with E-state index in [0.29, 0.717) is 5.02 Å². The quantitative estimate of drug-likeness (QED) is 0.877. The molecule has 2 rings (SSSR count). The molecule has 0 amide bonds. The standard InChI is InChI=1S/C13H18ClNO/c1-9-7-10(3-4-13(15)5-6-13)8-11(14)12(9)16-2/h7-8H,3-6,15H2,1-2H3. The number of halogens is 1. The van der Waals surface area contributed by atoms with Gasteiger partial charge in [0.15, 0.2) is 0 Å². The molecule has 2 N–H and O–H groups in total. The molecule has 1 aromatic carbocycles. The zero-order chi connectivity index (χ0) is 11.8. The first-order valence-corrected chi connectivity index (χ1v) is 6.04. The van der Waals surface area contributed by atoms with Crippen LogP contribution in [0.25, 0.3) is 0 Å². The number of methoxy groups -OCH3 is 1. The second-order valence-corrected chi connectivity index (χ2v) is 5.20. The minimum atomic E-state index is 0.111. The fourth-order valence-electron chi connectivity index (χ4n) is 2.01. The first-order chi connectivity index (χ1) is 7.54. The van der Waals surface area contributed by atoms with E-state index in [2.05, 4.69) is 6.07 Å². The van der Waals surface area contributed by atoms with Crippen molar-refractivity contribution in [3.8, 4) is 5.75 Å². The Labute approximate surface area is 102 Å². The van der Waals surface area contributed by atoms with E-state index >= 15 is 0 Å². The summed E-state index contributed by atoms with van der Waals surface area (Å²) in [5.74, 6) is 0.777. The molecule has 88 valence electrons. The Balaban J connectivity index is 2.10. The van der Waals surface area contributed by atoms with Gasteiger partial charge in [-0.25, -0.2) is 0 Å². The van der Waals surface area contributed by atoms with E-state index < -0.39 is 0 Å². The average molecular weight is 240 g/mol. The summed E-state index contributed by atoms with van der Waals surface area (Å²) in [6.07, 6.45) is 4.38. The largest absolute Gasteiger partial charge is 0.495 e. The van der Waals surface area contributed by atoms with Gasteiger partial charge in [0.1, 0.15) is 5.75 Å². The normalized spacial score (nSPS) is 17.2. The zero-order valence-electron chi connectivity index (χ0n) is 9.85. The smallest absolute Gasteiger partial charge is 0.140 e. The Kier molecular flexibility index (Phi) is 3.13. The van der Waals surface area contributed by atoms with Crippen molar-refractivity contribution in [1.29, 1.82) is 0 Å². The van der Waals surface area contributed by atoms with Gasteiger partial charge in [0, 0.05) is 5.54 Å². The Morgan fingerprint density at radius 2 is 2.12 bits per heavy atom. The number of nitrogens with two attached hydrogens (primary N) is 1. The lowest BCUT2D eigenvalue weighted by atomic mass is 10.0. The van der Waals surface area contributed by atoms with Crippen molar-refractivity contribution in [2.24, 2.45) is 5.73 Å². The highest BCUT2D eigenvalue weighted by Crippen LogP contribution is 2.37. The van der Waals surface area contributed by atoms with Crippen LogP contribution in [-0.2, 0) is 6.42 Å². The van der Waals surface area contributed by atoms with Crippen LogP contribution >= 0.6 is 11.6 Å². The number of benzene rings is 1. The van der Waals surface area contributed by atoms with Crippen molar-refractivity contribution in [3.05, 3.63) is 28.3 Å². The fraction of sp³-hybridized carbons (Fsp3) is 0.538. The summed E-state index contributed by atoms with van der Waals surface area (Å²) >= 11 is 6.14. The van der Waals surface area contributed by atoms with Gasteiger partial charge in [0.2, 0.25) is 0 Å². The van der Waals surface area contributed by atoms with E-state index in [1.807, 2.05) is 13.0 Å². The molecule has 2 nitrogen and oxygen atoms in total. The van der Waals surface area contributed by atoms with Gasteiger partial charge in [-0.1, -0.05) is 17.7 Å². The number of rotatable bonds is 4. The van der Waals surface area contributed by atoms with E-state index in [1.54, 1.807) is 7.11 Å². The molecule has 0 atom stereocenters. The monoisotopic (exact) mass is 239 g/mol. The van der Waals surface area contributed by atoms with Gasteiger partial charge in [-0.2, -0.15) is 0 Å². The van der Waals surface area contributed by atoms with E-state index in [1.165, 1.54) is 5.56 Å². The predicted octanol–water partition coefficient (Wildman–Crippen LogP) is 3.08.